The zero-order valence-corrected chi connectivity index (χ0v) is 8.82. The summed E-state index contributed by atoms with van der Waals surface area (Å²) in [6, 6.07) is 2.78. The van der Waals surface area contributed by atoms with Gasteiger partial charge in [-0.3, -0.25) is 14.9 Å². The lowest BCUT2D eigenvalue weighted by atomic mass is 10.2. The average Bonchev–Trinajstić information content (AvgIpc) is 2.27. The van der Waals surface area contributed by atoms with E-state index in [9.17, 15) is 14.9 Å². The molecule has 0 fully saturated rings. The smallest absolute Gasteiger partial charge is 0.323 e. The molecule has 1 aromatic heterocycles. The molecule has 1 rings (SSSR count). The van der Waals surface area contributed by atoms with Crippen molar-refractivity contribution in [1.82, 2.24) is 4.98 Å². The lowest BCUT2D eigenvalue weighted by molar-refractivity contribution is -0.384. The van der Waals surface area contributed by atoms with Crippen molar-refractivity contribution in [3.8, 4) is 6.07 Å². The van der Waals surface area contributed by atoms with Crippen LogP contribution in [-0.4, -0.2) is 34.6 Å². The molecule has 1 N–H and O–H groups in total. The number of pyridine rings is 1. The van der Waals surface area contributed by atoms with Crippen molar-refractivity contribution in [2.75, 3.05) is 18.5 Å². The van der Waals surface area contributed by atoms with Gasteiger partial charge in [-0.2, -0.15) is 5.26 Å². The van der Waals surface area contributed by atoms with Crippen molar-refractivity contribution in [3.63, 3.8) is 0 Å². The van der Waals surface area contributed by atoms with Crippen LogP contribution in [0.5, 0.6) is 0 Å². The topological polar surface area (TPSA) is 120 Å². The summed E-state index contributed by atoms with van der Waals surface area (Å²) in [5, 5.41) is 27.9. The van der Waals surface area contributed by atoms with Crippen molar-refractivity contribution < 1.29 is 14.8 Å². The number of rotatable bonds is 4. The number of anilines is 1. The van der Waals surface area contributed by atoms with Crippen LogP contribution in [0.3, 0.4) is 0 Å². The Hall–Kier alpha value is -2.69. The molecule has 8 heteroatoms. The van der Waals surface area contributed by atoms with Crippen molar-refractivity contribution in [2.45, 2.75) is 0 Å². The summed E-state index contributed by atoms with van der Waals surface area (Å²) < 4.78 is 0. The normalized spacial score (nSPS) is 9.41. The molecule has 0 amide bonds. The van der Waals surface area contributed by atoms with E-state index in [0.29, 0.717) is 0 Å². The molecule has 0 unspecified atom stereocenters. The largest absolute Gasteiger partial charge is 0.480 e. The summed E-state index contributed by atoms with van der Waals surface area (Å²) in [7, 11) is 1.37. The van der Waals surface area contributed by atoms with Crippen LogP contribution in [0.2, 0.25) is 0 Å². The van der Waals surface area contributed by atoms with E-state index in [1.54, 1.807) is 6.07 Å². The third-order valence-electron chi connectivity index (χ3n) is 1.91. The van der Waals surface area contributed by atoms with Crippen LogP contribution in [0, 0.1) is 21.4 Å². The number of nitriles is 1. The van der Waals surface area contributed by atoms with E-state index in [2.05, 4.69) is 4.98 Å². The number of likely N-dealkylation sites (N-methyl/N-ethyl adjacent to an activating group) is 1. The predicted octanol–water partition coefficient (Wildman–Crippen LogP) is 0.382. The molecule has 0 aliphatic carbocycles. The Morgan fingerprint density at radius 3 is 2.88 bits per heavy atom. The molecule has 88 valence electrons. The monoisotopic (exact) mass is 236 g/mol. The number of carboxylic acids is 1. The van der Waals surface area contributed by atoms with Gasteiger partial charge in [0.1, 0.15) is 12.6 Å². The third-order valence-corrected chi connectivity index (χ3v) is 1.91. The summed E-state index contributed by atoms with van der Waals surface area (Å²) in [6.07, 6.45) is 1.15. The minimum absolute atomic E-state index is 0.0455. The summed E-state index contributed by atoms with van der Waals surface area (Å²) in [5.74, 6) is -1.22. The van der Waals surface area contributed by atoms with Gasteiger partial charge in [0.2, 0.25) is 5.82 Å². The highest BCUT2D eigenvalue weighted by Crippen LogP contribution is 2.25. The highest BCUT2D eigenvalue weighted by atomic mass is 16.6. The molecule has 17 heavy (non-hydrogen) atoms. The number of nitro groups is 1. The number of aromatic nitrogens is 1. The Labute approximate surface area is 95.9 Å². The molecule has 0 spiro atoms. The number of aliphatic carboxylic acids is 1. The molecule has 0 radical (unpaired) electrons. The maximum absolute atomic E-state index is 10.8. The highest BCUT2D eigenvalue weighted by Gasteiger charge is 2.21. The lowest BCUT2D eigenvalue weighted by Gasteiger charge is -2.14. The lowest BCUT2D eigenvalue weighted by Crippen LogP contribution is -2.26. The number of carbonyl (C=O) groups is 1. The van der Waals surface area contributed by atoms with Gasteiger partial charge in [0, 0.05) is 19.3 Å². The molecule has 0 aliphatic heterocycles. The first kappa shape index (κ1) is 12.4. The van der Waals surface area contributed by atoms with E-state index in [1.807, 2.05) is 0 Å². The summed E-state index contributed by atoms with van der Waals surface area (Å²) in [6.45, 7) is -0.417. The molecule has 1 heterocycles. The number of nitrogens with zero attached hydrogens (tertiary/aromatic N) is 4. The van der Waals surface area contributed by atoms with Crippen molar-refractivity contribution in [1.29, 1.82) is 5.26 Å². The maximum Gasteiger partial charge on any atom is 0.323 e. The number of carboxylic acid groups (broad SMARTS) is 1. The highest BCUT2D eigenvalue weighted by molar-refractivity contribution is 5.74. The Morgan fingerprint density at radius 2 is 2.41 bits per heavy atom. The second kappa shape index (κ2) is 4.89. The summed E-state index contributed by atoms with van der Waals surface area (Å²) in [5.41, 5.74) is -0.350. The van der Waals surface area contributed by atoms with E-state index in [1.165, 1.54) is 7.05 Å². The fraction of sp³-hybridized carbons (Fsp3) is 0.222. The van der Waals surface area contributed by atoms with Crippen molar-refractivity contribution >= 4 is 17.5 Å². The van der Waals surface area contributed by atoms with Crippen LogP contribution >= 0.6 is 0 Å². The standard InChI is InChI=1S/C9H8N4O4/c1-12(5-8(14)15)9-7(13(16)17)2-6(3-10)4-11-9/h2,4H,5H2,1H3,(H,14,15). The van der Waals surface area contributed by atoms with Gasteiger partial charge in [-0.25, -0.2) is 4.98 Å². The summed E-state index contributed by atoms with van der Waals surface area (Å²) >= 11 is 0. The number of hydrogen-bond donors (Lipinski definition) is 1. The summed E-state index contributed by atoms with van der Waals surface area (Å²) in [4.78, 5) is 25.4. The number of hydrogen-bond acceptors (Lipinski definition) is 6. The van der Waals surface area contributed by atoms with Gasteiger partial charge < -0.3 is 10.0 Å². The second-order valence-corrected chi connectivity index (χ2v) is 3.19. The van der Waals surface area contributed by atoms with Gasteiger partial charge >= 0.3 is 11.7 Å². The molecule has 1 aromatic rings. The van der Waals surface area contributed by atoms with Crippen molar-refractivity contribution in [2.24, 2.45) is 0 Å². The Morgan fingerprint density at radius 1 is 1.76 bits per heavy atom. The molecule has 8 nitrogen and oxygen atoms in total. The van der Waals surface area contributed by atoms with Gasteiger partial charge in [0.25, 0.3) is 0 Å². The first-order chi connectivity index (χ1) is 7.95. The molecule has 0 atom stereocenters. The van der Waals surface area contributed by atoms with E-state index >= 15 is 0 Å². The third kappa shape index (κ3) is 2.88. The molecular weight excluding hydrogens is 228 g/mol. The van der Waals surface area contributed by atoms with E-state index in [4.69, 9.17) is 10.4 Å². The minimum atomic E-state index is -1.13. The molecule has 0 saturated heterocycles. The van der Waals surface area contributed by atoms with E-state index in [-0.39, 0.29) is 11.4 Å². The van der Waals surface area contributed by atoms with Crippen LogP contribution in [-0.2, 0) is 4.79 Å². The van der Waals surface area contributed by atoms with E-state index in [0.717, 1.165) is 17.2 Å². The maximum atomic E-state index is 10.8. The Bertz CT molecular complexity index is 508. The first-order valence-corrected chi connectivity index (χ1v) is 4.43. The van der Waals surface area contributed by atoms with E-state index < -0.39 is 23.1 Å². The Balaban J connectivity index is 3.19. The van der Waals surface area contributed by atoms with Crippen LogP contribution in [0.1, 0.15) is 5.56 Å². The van der Waals surface area contributed by atoms with Crippen LogP contribution in [0.4, 0.5) is 11.5 Å². The van der Waals surface area contributed by atoms with Crippen molar-refractivity contribution in [3.05, 3.63) is 27.9 Å². The Kier molecular flexibility index (Phi) is 3.56. The fourth-order valence-corrected chi connectivity index (χ4v) is 1.21. The first-order valence-electron chi connectivity index (χ1n) is 4.43. The minimum Gasteiger partial charge on any atom is -0.480 e. The van der Waals surface area contributed by atoms with Crippen LogP contribution in [0.25, 0.3) is 0 Å². The van der Waals surface area contributed by atoms with Gasteiger partial charge in [0.15, 0.2) is 0 Å². The zero-order chi connectivity index (χ0) is 13.0. The molecular formula is C9H8N4O4. The van der Waals surface area contributed by atoms with Gasteiger partial charge in [0.05, 0.1) is 10.5 Å². The molecule has 0 aromatic carbocycles. The predicted molar refractivity (Wildman–Crippen MR) is 56.5 cm³/mol. The SMILES string of the molecule is CN(CC(=O)O)c1ncc(C#N)cc1[N+](=O)[O-]. The average molecular weight is 236 g/mol. The van der Waals surface area contributed by atoms with Crippen LogP contribution in [0.15, 0.2) is 12.3 Å². The fourth-order valence-electron chi connectivity index (χ4n) is 1.21. The molecule has 0 aliphatic rings. The molecule has 0 bridgehead atoms. The van der Waals surface area contributed by atoms with Gasteiger partial charge in [-0.05, 0) is 0 Å². The zero-order valence-electron chi connectivity index (χ0n) is 8.82. The quantitative estimate of drug-likeness (QED) is 0.592. The second-order valence-electron chi connectivity index (χ2n) is 3.19. The van der Waals surface area contributed by atoms with Gasteiger partial charge in [-0.1, -0.05) is 0 Å². The van der Waals surface area contributed by atoms with Crippen LogP contribution < -0.4 is 4.90 Å². The van der Waals surface area contributed by atoms with Gasteiger partial charge in [-0.15, -0.1) is 0 Å². The molecule has 0 saturated carbocycles.